The molecular weight excluding hydrogens is 307 g/mol. The number of halogens is 1. The summed E-state index contributed by atoms with van der Waals surface area (Å²) in [5, 5.41) is 2.92. The largest absolute Gasteiger partial charge is 0.459 e. The molecule has 1 aliphatic heterocycles. The third-order valence-electron chi connectivity index (χ3n) is 4.75. The maximum Gasteiger partial charge on any atom is 0.286 e. The van der Waals surface area contributed by atoms with Gasteiger partial charge in [0.05, 0.1) is 6.26 Å². The lowest BCUT2D eigenvalue weighted by Crippen LogP contribution is -2.30. The van der Waals surface area contributed by atoms with Crippen LogP contribution < -0.4 is 5.32 Å². The fourth-order valence-corrected chi connectivity index (χ4v) is 3.23. The summed E-state index contributed by atoms with van der Waals surface area (Å²) in [6.45, 7) is 6.90. The number of hydrogen-bond donors (Lipinski definition) is 1. The number of nitrogens with one attached hydrogen (secondary N) is 1. The second-order valence-electron chi connectivity index (χ2n) is 6.56. The monoisotopic (exact) mass is 330 g/mol. The van der Waals surface area contributed by atoms with Gasteiger partial charge in [-0.05, 0) is 61.6 Å². The molecule has 0 bridgehead atoms. The number of nitrogens with zero attached hydrogens (tertiary/aromatic N) is 1. The quantitative estimate of drug-likeness (QED) is 0.915. The molecule has 2 aromatic rings. The molecule has 1 aromatic carbocycles. The number of likely N-dealkylation sites (tertiary alicyclic amines) is 1. The van der Waals surface area contributed by atoms with E-state index in [1.165, 1.54) is 6.26 Å². The lowest BCUT2D eigenvalue weighted by Gasteiger charge is -2.18. The van der Waals surface area contributed by atoms with Gasteiger partial charge in [-0.25, -0.2) is 4.39 Å². The van der Waals surface area contributed by atoms with Gasteiger partial charge in [-0.2, -0.15) is 0 Å². The first-order valence-electron chi connectivity index (χ1n) is 8.33. The van der Waals surface area contributed by atoms with Gasteiger partial charge in [-0.1, -0.05) is 12.1 Å². The second-order valence-corrected chi connectivity index (χ2v) is 6.56. The molecule has 0 spiro atoms. The topological polar surface area (TPSA) is 45.5 Å². The summed E-state index contributed by atoms with van der Waals surface area (Å²) in [6.07, 6.45) is 2.53. The number of amides is 1. The Kier molecular flexibility index (Phi) is 5.00. The van der Waals surface area contributed by atoms with Crippen LogP contribution in [0.1, 0.15) is 33.7 Å². The van der Waals surface area contributed by atoms with Gasteiger partial charge in [0.15, 0.2) is 5.76 Å². The van der Waals surface area contributed by atoms with Crippen LogP contribution in [0.4, 0.5) is 4.39 Å². The summed E-state index contributed by atoms with van der Waals surface area (Å²) in [7, 11) is 0. The third-order valence-corrected chi connectivity index (χ3v) is 4.75. The predicted octanol–water partition coefficient (Wildman–Crippen LogP) is 3.29. The van der Waals surface area contributed by atoms with Gasteiger partial charge >= 0.3 is 0 Å². The molecule has 1 aromatic heterocycles. The average molecular weight is 330 g/mol. The van der Waals surface area contributed by atoms with Crippen molar-refractivity contribution in [2.75, 3.05) is 19.6 Å². The average Bonchev–Trinajstić information content (AvgIpc) is 3.25. The Bertz CT molecular complexity index is 712. The lowest BCUT2D eigenvalue weighted by molar-refractivity contribution is 0.0919. The maximum absolute atomic E-state index is 14.0. The van der Waals surface area contributed by atoms with Crippen LogP contribution >= 0.6 is 0 Å². The first-order valence-corrected chi connectivity index (χ1v) is 8.33. The lowest BCUT2D eigenvalue weighted by atomic mass is 10.0. The Balaban J connectivity index is 1.51. The second kappa shape index (κ2) is 7.18. The molecule has 0 radical (unpaired) electrons. The molecule has 2 heterocycles. The van der Waals surface area contributed by atoms with E-state index in [9.17, 15) is 9.18 Å². The molecule has 1 N–H and O–H groups in total. The van der Waals surface area contributed by atoms with E-state index in [2.05, 4.69) is 10.2 Å². The van der Waals surface area contributed by atoms with Crippen LogP contribution in [0.2, 0.25) is 0 Å². The molecule has 0 unspecified atom stereocenters. The number of aryl methyl sites for hydroxylation is 1. The van der Waals surface area contributed by atoms with E-state index >= 15 is 0 Å². The molecule has 1 saturated heterocycles. The minimum atomic E-state index is -0.171. The number of benzene rings is 1. The van der Waals surface area contributed by atoms with E-state index in [1.54, 1.807) is 19.1 Å². The first-order chi connectivity index (χ1) is 11.5. The highest BCUT2D eigenvalue weighted by Crippen LogP contribution is 2.22. The summed E-state index contributed by atoms with van der Waals surface area (Å²) < 4.78 is 19.1. The molecule has 1 amide bonds. The van der Waals surface area contributed by atoms with Gasteiger partial charge in [0, 0.05) is 19.6 Å². The van der Waals surface area contributed by atoms with Crippen LogP contribution in [0, 0.1) is 25.6 Å². The highest BCUT2D eigenvalue weighted by atomic mass is 19.1. The Morgan fingerprint density at radius 1 is 1.38 bits per heavy atom. The molecule has 0 aliphatic carbocycles. The van der Waals surface area contributed by atoms with Crippen LogP contribution in [-0.4, -0.2) is 30.4 Å². The molecule has 128 valence electrons. The first kappa shape index (κ1) is 16.7. The summed E-state index contributed by atoms with van der Waals surface area (Å²) in [5.41, 5.74) is 2.47. The van der Waals surface area contributed by atoms with E-state index in [0.717, 1.165) is 37.2 Å². The summed E-state index contributed by atoms with van der Waals surface area (Å²) in [4.78, 5) is 14.2. The Labute approximate surface area is 141 Å². The molecule has 0 saturated carbocycles. The number of carbonyl (C=O) groups excluding carboxylic acids is 1. The molecule has 24 heavy (non-hydrogen) atoms. The number of furan rings is 1. The van der Waals surface area contributed by atoms with E-state index in [0.29, 0.717) is 23.8 Å². The van der Waals surface area contributed by atoms with Gasteiger partial charge in [0.1, 0.15) is 5.82 Å². The number of carbonyl (C=O) groups is 1. The molecule has 5 heteroatoms. The van der Waals surface area contributed by atoms with Crippen molar-refractivity contribution < 1.29 is 13.6 Å². The van der Waals surface area contributed by atoms with Crippen LogP contribution in [0.5, 0.6) is 0 Å². The predicted molar refractivity (Wildman–Crippen MR) is 90.3 cm³/mol. The van der Waals surface area contributed by atoms with Crippen LogP contribution in [0.3, 0.4) is 0 Å². The fraction of sp³-hybridized carbons (Fsp3) is 0.421. The molecular formula is C19H23FN2O2. The zero-order valence-corrected chi connectivity index (χ0v) is 14.1. The fourth-order valence-electron chi connectivity index (χ4n) is 3.23. The van der Waals surface area contributed by atoms with Crippen molar-refractivity contribution in [1.29, 1.82) is 0 Å². The maximum atomic E-state index is 14.0. The SMILES string of the molecule is Cc1ccc(CN2CC[C@@H](CNC(=O)c3ccco3)C2)c(C)c1F. The molecule has 1 atom stereocenters. The summed E-state index contributed by atoms with van der Waals surface area (Å²) in [5.74, 6) is 0.485. The molecule has 3 rings (SSSR count). The summed E-state index contributed by atoms with van der Waals surface area (Å²) >= 11 is 0. The van der Waals surface area contributed by atoms with Crippen LogP contribution in [0.15, 0.2) is 34.9 Å². The van der Waals surface area contributed by atoms with Crippen molar-refractivity contribution >= 4 is 5.91 Å². The van der Waals surface area contributed by atoms with Crippen molar-refractivity contribution in [2.45, 2.75) is 26.8 Å². The van der Waals surface area contributed by atoms with E-state index in [-0.39, 0.29) is 11.7 Å². The van der Waals surface area contributed by atoms with Crippen molar-refractivity contribution in [2.24, 2.45) is 5.92 Å². The van der Waals surface area contributed by atoms with Crippen molar-refractivity contribution in [3.05, 3.63) is 58.8 Å². The van der Waals surface area contributed by atoms with Gasteiger partial charge in [-0.15, -0.1) is 0 Å². The third kappa shape index (κ3) is 3.67. The zero-order valence-electron chi connectivity index (χ0n) is 14.1. The van der Waals surface area contributed by atoms with Gasteiger partial charge < -0.3 is 9.73 Å². The smallest absolute Gasteiger partial charge is 0.286 e. The Hall–Kier alpha value is -2.14. The number of rotatable bonds is 5. The van der Waals surface area contributed by atoms with E-state index in [4.69, 9.17) is 4.42 Å². The van der Waals surface area contributed by atoms with Gasteiger partial charge in [-0.3, -0.25) is 9.69 Å². The van der Waals surface area contributed by atoms with E-state index < -0.39 is 0 Å². The minimum Gasteiger partial charge on any atom is -0.459 e. The van der Waals surface area contributed by atoms with Crippen molar-refractivity contribution in [1.82, 2.24) is 10.2 Å². The van der Waals surface area contributed by atoms with Gasteiger partial charge in [0.25, 0.3) is 5.91 Å². The van der Waals surface area contributed by atoms with Gasteiger partial charge in [0.2, 0.25) is 0 Å². The van der Waals surface area contributed by atoms with Crippen LogP contribution in [-0.2, 0) is 6.54 Å². The summed E-state index contributed by atoms with van der Waals surface area (Å²) in [6, 6.07) is 7.22. The van der Waals surface area contributed by atoms with E-state index in [1.807, 2.05) is 19.1 Å². The molecule has 1 aliphatic rings. The highest BCUT2D eigenvalue weighted by Gasteiger charge is 2.24. The van der Waals surface area contributed by atoms with Crippen molar-refractivity contribution in [3.8, 4) is 0 Å². The molecule has 4 nitrogen and oxygen atoms in total. The highest BCUT2D eigenvalue weighted by molar-refractivity contribution is 5.91. The van der Waals surface area contributed by atoms with Crippen LogP contribution in [0.25, 0.3) is 0 Å². The number of hydrogen-bond acceptors (Lipinski definition) is 3. The minimum absolute atomic E-state index is 0.103. The normalized spacial score (nSPS) is 18.0. The Morgan fingerprint density at radius 2 is 2.21 bits per heavy atom. The molecule has 1 fully saturated rings. The zero-order chi connectivity index (χ0) is 17.1. The standard InChI is InChI=1S/C19H23FN2O2/c1-13-5-6-16(14(2)18(13)20)12-22-8-7-15(11-22)10-21-19(23)17-4-3-9-24-17/h3-6,9,15H,7-8,10-12H2,1-2H3,(H,21,23)/t15-/m0/s1. The Morgan fingerprint density at radius 3 is 2.96 bits per heavy atom. The van der Waals surface area contributed by atoms with Crippen molar-refractivity contribution in [3.63, 3.8) is 0 Å².